The van der Waals surface area contributed by atoms with Gasteiger partial charge in [-0.25, -0.2) is 0 Å². The van der Waals surface area contributed by atoms with Crippen LogP contribution in [0.2, 0.25) is 0 Å². The van der Waals surface area contributed by atoms with Gasteiger partial charge in [-0.1, -0.05) is 81.3 Å². The predicted octanol–water partition coefficient (Wildman–Crippen LogP) is 8.25. The van der Waals surface area contributed by atoms with Crippen molar-refractivity contribution in [1.82, 2.24) is 0 Å². The Labute approximate surface area is 196 Å². The van der Waals surface area contributed by atoms with Gasteiger partial charge in [0.15, 0.2) is 0 Å². The highest BCUT2D eigenvalue weighted by Gasteiger charge is 2.24. The van der Waals surface area contributed by atoms with Crippen molar-refractivity contribution in [3.05, 3.63) is 95.6 Å². The zero-order chi connectivity index (χ0) is 21.9. The summed E-state index contributed by atoms with van der Waals surface area (Å²) in [6.45, 7) is 4.38. The molecule has 0 saturated carbocycles. The molecule has 3 aromatic carbocycles. The molecule has 0 spiro atoms. The lowest BCUT2D eigenvalue weighted by Crippen LogP contribution is -2.00. The van der Waals surface area contributed by atoms with Gasteiger partial charge in [0.2, 0.25) is 0 Å². The second-order valence-corrected chi connectivity index (χ2v) is 13.8. The van der Waals surface area contributed by atoms with Gasteiger partial charge in [0.25, 0.3) is 0 Å². The summed E-state index contributed by atoms with van der Waals surface area (Å²) in [5.74, 6) is 2.40. The third-order valence-electron chi connectivity index (χ3n) is 4.84. The molecule has 0 saturated heterocycles. The summed E-state index contributed by atoms with van der Waals surface area (Å²) in [5, 5.41) is 0. The maximum Gasteiger partial charge on any atom is 0.348 e. The molecule has 5 heteroatoms. The number of aryl methyl sites for hydroxylation is 3. The third-order valence-corrected chi connectivity index (χ3v) is 9.75. The first-order chi connectivity index (χ1) is 15.1. The van der Waals surface area contributed by atoms with Crippen LogP contribution in [0.15, 0.2) is 78.9 Å². The summed E-state index contributed by atoms with van der Waals surface area (Å²) in [7, 11) is 0. The summed E-state index contributed by atoms with van der Waals surface area (Å²) in [6, 6.07) is 27.0. The Morgan fingerprint density at radius 3 is 1.55 bits per heavy atom. The molecule has 0 aromatic heterocycles. The van der Waals surface area contributed by atoms with E-state index in [-0.39, 0.29) is 0 Å². The molecule has 0 atom stereocenters. The normalized spacial score (nSPS) is 11.3. The minimum Gasteiger partial charge on any atom is -0.428 e. The van der Waals surface area contributed by atoms with Gasteiger partial charge in [-0.15, -0.1) is 0 Å². The van der Waals surface area contributed by atoms with Crippen LogP contribution < -0.4 is 9.05 Å². The zero-order valence-corrected chi connectivity index (χ0v) is 20.9. The van der Waals surface area contributed by atoms with Gasteiger partial charge in [0.1, 0.15) is 11.5 Å². The third kappa shape index (κ3) is 8.03. The molecular formula is C26H31O2PS2. The van der Waals surface area contributed by atoms with Gasteiger partial charge in [-0.05, 0) is 83.4 Å². The molecule has 3 rings (SSSR count). The van der Waals surface area contributed by atoms with Crippen molar-refractivity contribution in [3.63, 3.8) is 0 Å². The molecule has 0 aliphatic heterocycles. The van der Waals surface area contributed by atoms with Gasteiger partial charge in [-0.3, -0.25) is 0 Å². The first-order valence-electron chi connectivity index (χ1n) is 11.0. The van der Waals surface area contributed by atoms with E-state index < -0.39 is 5.69 Å². The first kappa shape index (κ1) is 23.9. The van der Waals surface area contributed by atoms with Crippen molar-refractivity contribution in [2.24, 2.45) is 0 Å². The topological polar surface area (TPSA) is 18.5 Å². The monoisotopic (exact) mass is 470 g/mol. The van der Waals surface area contributed by atoms with Crippen molar-refractivity contribution >= 4 is 28.9 Å². The second kappa shape index (κ2) is 12.3. The fourth-order valence-corrected chi connectivity index (χ4v) is 7.68. The fourth-order valence-electron chi connectivity index (χ4n) is 3.26. The van der Waals surface area contributed by atoms with Crippen LogP contribution in [0.3, 0.4) is 0 Å². The molecule has 0 aliphatic rings. The van der Waals surface area contributed by atoms with Crippen molar-refractivity contribution in [2.75, 3.05) is 5.75 Å². The van der Waals surface area contributed by atoms with Gasteiger partial charge >= 0.3 is 5.69 Å². The molecule has 31 heavy (non-hydrogen) atoms. The van der Waals surface area contributed by atoms with Crippen LogP contribution in [0.5, 0.6) is 11.5 Å². The van der Waals surface area contributed by atoms with Gasteiger partial charge in [0, 0.05) is 5.75 Å². The van der Waals surface area contributed by atoms with E-state index in [2.05, 4.69) is 62.4 Å². The number of hydrogen-bond donors (Lipinski definition) is 0. The quantitative estimate of drug-likeness (QED) is 0.248. The lowest BCUT2D eigenvalue weighted by molar-refractivity contribution is 0.506. The Hall–Kier alpha value is -1.74. The lowest BCUT2D eigenvalue weighted by Gasteiger charge is -2.23. The summed E-state index contributed by atoms with van der Waals surface area (Å²) in [4.78, 5) is 0. The zero-order valence-electron chi connectivity index (χ0n) is 18.3. The van der Waals surface area contributed by atoms with Crippen LogP contribution in [0, 0.1) is 0 Å². The van der Waals surface area contributed by atoms with E-state index in [1.54, 1.807) is 11.4 Å². The Morgan fingerprint density at radius 2 is 1.10 bits per heavy atom. The second-order valence-electron chi connectivity index (χ2n) is 7.49. The molecule has 0 radical (unpaired) electrons. The Bertz CT molecular complexity index is 901. The Kier molecular flexibility index (Phi) is 9.52. The van der Waals surface area contributed by atoms with E-state index in [1.807, 2.05) is 30.3 Å². The molecule has 3 aromatic rings. The first-order valence-corrected chi connectivity index (χ1v) is 15.2. The number of hydrogen-bond acceptors (Lipinski definition) is 4. The summed E-state index contributed by atoms with van der Waals surface area (Å²) >= 11 is 7.60. The number of rotatable bonds is 12. The molecular weight excluding hydrogens is 439 g/mol. The average Bonchev–Trinajstić information content (AvgIpc) is 2.78. The lowest BCUT2D eigenvalue weighted by atomic mass is 10.1. The minimum atomic E-state index is -2.61. The van der Waals surface area contributed by atoms with Crippen LogP contribution in [0.25, 0.3) is 0 Å². The van der Waals surface area contributed by atoms with E-state index in [0.29, 0.717) is 0 Å². The van der Waals surface area contributed by atoms with Crippen LogP contribution in [-0.4, -0.2) is 5.75 Å². The maximum absolute atomic E-state index is 6.32. The largest absolute Gasteiger partial charge is 0.428 e. The molecule has 0 unspecified atom stereocenters. The molecule has 0 N–H and O–H groups in total. The van der Waals surface area contributed by atoms with E-state index in [1.165, 1.54) is 16.7 Å². The SMILES string of the molecule is CCCc1ccc(OP(=S)(Oc2ccc(CCC)cc2)SCCc2ccccc2)cc1. The van der Waals surface area contributed by atoms with Crippen molar-refractivity contribution in [3.8, 4) is 11.5 Å². The van der Waals surface area contributed by atoms with Gasteiger partial charge in [-0.2, -0.15) is 0 Å². The summed E-state index contributed by atoms with van der Waals surface area (Å²) in [6.07, 6.45) is 5.33. The van der Waals surface area contributed by atoms with Gasteiger partial charge in [0.05, 0.1) is 0 Å². The Balaban J connectivity index is 1.72. The highest BCUT2D eigenvalue weighted by atomic mass is 32.9. The molecule has 0 aliphatic carbocycles. The molecule has 2 nitrogen and oxygen atoms in total. The highest BCUT2D eigenvalue weighted by Crippen LogP contribution is 2.60. The molecule has 0 fully saturated rings. The average molecular weight is 471 g/mol. The van der Waals surface area contributed by atoms with Crippen LogP contribution >= 0.6 is 17.1 Å². The molecule has 164 valence electrons. The minimum absolute atomic E-state index is 0.776. The van der Waals surface area contributed by atoms with E-state index in [4.69, 9.17) is 20.9 Å². The predicted molar refractivity (Wildman–Crippen MR) is 139 cm³/mol. The smallest absolute Gasteiger partial charge is 0.348 e. The van der Waals surface area contributed by atoms with Gasteiger partial charge < -0.3 is 9.05 Å². The van der Waals surface area contributed by atoms with E-state index in [9.17, 15) is 0 Å². The van der Waals surface area contributed by atoms with Crippen molar-refractivity contribution in [1.29, 1.82) is 0 Å². The van der Waals surface area contributed by atoms with E-state index in [0.717, 1.165) is 49.4 Å². The molecule has 0 heterocycles. The highest BCUT2D eigenvalue weighted by molar-refractivity contribution is 8.68. The molecule has 0 bridgehead atoms. The maximum atomic E-state index is 6.32. The molecule has 0 amide bonds. The van der Waals surface area contributed by atoms with E-state index >= 15 is 0 Å². The number of benzene rings is 3. The van der Waals surface area contributed by atoms with Crippen molar-refractivity contribution in [2.45, 2.75) is 46.0 Å². The van der Waals surface area contributed by atoms with Crippen LogP contribution in [0.1, 0.15) is 43.4 Å². The summed E-state index contributed by atoms with van der Waals surface area (Å²) in [5.41, 5.74) is 1.31. The fraction of sp³-hybridized carbons (Fsp3) is 0.308. The van der Waals surface area contributed by atoms with Crippen LogP contribution in [0.4, 0.5) is 0 Å². The Morgan fingerprint density at radius 1 is 0.645 bits per heavy atom. The standard InChI is InChI=1S/C26H31O2PS2/c1-3-8-22-12-16-25(17-13-22)27-29(30,31-21-20-24-10-6-5-7-11-24)28-26-18-14-23(9-4-2)15-19-26/h5-7,10-19H,3-4,8-9,20-21H2,1-2H3. The summed E-state index contributed by atoms with van der Waals surface area (Å²) < 4.78 is 12.6. The van der Waals surface area contributed by atoms with Crippen molar-refractivity contribution < 1.29 is 9.05 Å². The van der Waals surface area contributed by atoms with Crippen LogP contribution in [-0.2, 0) is 31.1 Å².